The van der Waals surface area contributed by atoms with Crippen LogP contribution in [-0.4, -0.2) is 22.7 Å². The van der Waals surface area contributed by atoms with Crippen LogP contribution < -0.4 is 5.32 Å². The summed E-state index contributed by atoms with van der Waals surface area (Å²) in [7, 11) is 0. The van der Waals surface area contributed by atoms with Crippen molar-refractivity contribution in [3.05, 3.63) is 33.9 Å². The van der Waals surface area contributed by atoms with Gasteiger partial charge in [0.2, 0.25) is 0 Å². The average molecular weight is 238 g/mol. The van der Waals surface area contributed by atoms with Crippen LogP contribution in [0.4, 0.5) is 11.4 Å². The van der Waals surface area contributed by atoms with Crippen LogP contribution in [0.15, 0.2) is 18.2 Å². The Morgan fingerprint density at radius 1 is 1.53 bits per heavy atom. The molecule has 17 heavy (non-hydrogen) atoms. The molecular weight excluding hydrogens is 220 g/mol. The van der Waals surface area contributed by atoms with E-state index in [0.29, 0.717) is 5.56 Å². The lowest BCUT2D eigenvalue weighted by atomic mass is 10.1. The first-order valence-electron chi connectivity index (χ1n) is 5.67. The predicted molar refractivity (Wildman–Crippen MR) is 67.2 cm³/mol. The lowest BCUT2D eigenvalue weighted by Crippen LogP contribution is -2.16. The minimum Gasteiger partial charge on any atom is -0.396 e. The third kappa shape index (κ3) is 3.71. The highest BCUT2D eigenvalue weighted by Gasteiger charge is 2.14. The quantitative estimate of drug-likeness (QED) is 0.589. The Balaban J connectivity index is 2.77. The Hall–Kier alpha value is -1.62. The molecule has 0 saturated heterocycles. The molecule has 2 N–H and O–H groups in total. The van der Waals surface area contributed by atoms with E-state index in [1.807, 2.05) is 13.0 Å². The van der Waals surface area contributed by atoms with Crippen molar-refractivity contribution >= 4 is 11.4 Å². The van der Waals surface area contributed by atoms with Gasteiger partial charge in [0.15, 0.2) is 0 Å². The maximum absolute atomic E-state index is 10.8. The van der Waals surface area contributed by atoms with Crippen LogP contribution in [0.5, 0.6) is 0 Å². The molecule has 5 heteroatoms. The number of hydrogen-bond donors (Lipinski definition) is 2. The minimum absolute atomic E-state index is 0.129. The summed E-state index contributed by atoms with van der Waals surface area (Å²) in [4.78, 5) is 10.4. The monoisotopic (exact) mass is 238 g/mol. The Bertz CT molecular complexity index is 393. The van der Waals surface area contributed by atoms with Crippen LogP contribution in [-0.2, 0) is 0 Å². The summed E-state index contributed by atoms with van der Waals surface area (Å²) in [5, 5.41) is 22.7. The molecule has 1 unspecified atom stereocenters. The SMILES string of the molecule is Cc1c(NC(C)CCCO)cccc1[N+](=O)[O-]. The maximum Gasteiger partial charge on any atom is 0.274 e. The van der Waals surface area contributed by atoms with E-state index in [1.165, 1.54) is 6.07 Å². The van der Waals surface area contributed by atoms with Gasteiger partial charge in [-0.15, -0.1) is 0 Å². The second kappa shape index (κ2) is 6.20. The summed E-state index contributed by atoms with van der Waals surface area (Å²) in [5.74, 6) is 0. The van der Waals surface area contributed by atoms with Gasteiger partial charge in [0.05, 0.1) is 4.92 Å². The smallest absolute Gasteiger partial charge is 0.274 e. The summed E-state index contributed by atoms with van der Waals surface area (Å²) in [6.45, 7) is 3.90. The summed E-state index contributed by atoms with van der Waals surface area (Å²) in [6, 6.07) is 5.19. The second-order valence-electron chi connectivity index (χ2n) is 4.12. The van der Waals surface area contributed by atoms with Gasteiger partial charge in [-0.2, -0.15) is 0 Å². The van der Waals surface area contributed by atoms with Gasteiger partial charge >= 0.3 is 0 Å². The van der Waals surface area contributed by atoms with Gasteiger partial charge in [-0.25, -0.2) is 0 Å². The summed E-state index contributed by atoms with van der Waals surface area (Å²) < 4.78 is 0. The third-order valence-corrected chi connectivity index (χ3v) is 2.70. The molecular formula is C12H18N2O3. The lowest BCUT2D eigenvalue weighted by molar-refractivity contribution is -0.385. The van der Waals surface area contributed by atoms with Crippen LogP contribution in [0.1, 0.15) is 25.3 Å². The fourth-order valence-electron chi connectivity index (χ4n) is 1.71. The van der Waals surface area contributed by atoms with Gasteiger partial charge in [-0.3, -0.25) is 10.1 Å². The third-order valence-electron chi connectivity index (χ3n) is 2.70. The first-order chi connectivity index (χ1) is 8.06. The lowest BCUT2D eigenvalue weighted by Gasteiger charge is -2.16. The fourth-order valence-corrected chi connectivity index (χ4v) is 1.71. The van der Waals surface area contributed by atoms with Crippen LogP contribution in [0.25, 0.3) is 0 Å². The molecule has 1 aromatic carbocycles. The number of nitro groups is 1. The number of hydrogen-bond acceptors (Lipinski definition) is 4. The highest BCUT2D eigenvalue weighted by molar-refractivity contribution is 5.60. The van der Waals surface area contributed by atoms with E-state index in [9.17, 15) is 10.1 Å². The number of benzene rings is 1. The van der Waals surface area contributed by atoms with Gasteiger partial charge < -0.3 is 10.4 Å². The first-order valence-corrected chi connectivity index (χ1v) is 5.67. The van der Waals surface area contributed by atoms with Crippen LogP contribution in [0.3, 0.4) is 0 Å². The zero-order valence-corrected chi connectivity index (χ0v) is 10.1. The summed E-state index contributed by atoms with van der Waals surface area (Å²) in [5.41, 5.74) is 1.56. The zero-order chi connectivity index (χ0) is 12.8. The Labute approximate surface area is 101 Å². The molecule has 0 aliphatic heterocycles. The average Bonchev–Trinajstić information content (AvgIpc) is 2.28. The molecule has 0 heterocycles. The predicted octanol–water partition coefficient (Wildman–Crippen LogP) is 2.48. The summed E-state index contributed by atoms with van der Waals surface area (Å²) >= 11 is 0. The molecule has 0 fully saturated rings. The molecule has 0 aliphatic rings. The molecule has 0 aliphatic carbocycles. The molecule has 94 valence electrons. The van der Waals surface area contributed by atoms with Crippen LogP contribution >= 0.6 is 0 Å². The molecule has 0 amide bonds. The van der Waals surface area contributed by atoms with E-state index in [0.717, 1.165) is 18.5 Å². The normalized spacial score (nSPS) is 12.2. The number of nitrogens with zero attached hydrogens (tertiary/aromatic N) is 1. The molecule has 1 rings (SSSR count). The molecule has 5 nitrogen and oxygen atoms in total. The second-order valence-corrected chi connectivity index (χ2v) is 4.12. The van der Waals surface area contributed by atoms with Crippen molar-refractivity contribution in [3.8, 4) is 0 Å². The molecule has 1 aromatic rings. The highest BCUT2D eigenvalue weighted by Crippen LogP contribution is 2.25. The number of aliphatic hydroxyl groups is 1. The largest absolute Gasteiger partial charge is 0.396 e. The number of nitrogens with one attached hydrogen (secondary N) is 1. The molecule has 0 saturated carbocycles. The van der Waals surface area contributed by atoms with E-state index in [4.69, 9.17) is 5.11 Å². The first kappa shape index (κ1) is 13.4. The topological polar surface area (TPSA) is 75.4 Å². The van der Waals surface area contributed by atoms with Crippen LogP contribution in [0.2, 0.25) is 0 Å². The van der Waals surface area contributed by atoms with Crippen molar-refractivity contribution in [2.24, 2.45) is 0 Å². The van der Waals surface area contributed by atoms with E-state index >= 15 is 0 Å². The molecule has 0 radical (unpaired) electrons. The van der Waals surface area contributed by atoms with Gasteiger partial charge in [-0.1, -0.05) is 6.07 Å². The number of rotatable bonds is 6. The fraction of sp³-hybridized carbons (Fsp3) is 0.500. The van der Waals surface area contributed by atoms with Crippen molar-refractivity contribution < 1.29 is 10.0 Å². The van der Waals surface area contributed by atoms with Crippen molar-refractivity contribution in [1.82, 2.24) is 0 Å². The number of nitro benzene ring substituents is 1. The van der Waals surface area contributed by atoms with E-state index in [2.05, 4.69) is 5.32 Å². The van der Waals surface area contributed by atoms with Crippen molar-refractivity contribution in [2.45, 2.75) is 32.7 Å². The van der Waals surface area contributed by atoms with Gasteiger partial charge in [0, 0.05) is 30.0 Å². The Morgan fingerprint density at radius 2 is 2.24 bits per heavy atom. The highest BCUT2D eigenvalue weighted by atomic mass is 16.6. The van der Waals surface area contributed by atoms with E-state index in [1.54, 1.807) is 13.0 Å². The maximum atomic E-state index is 10.8. The van der Waals surface area contributed by atoms with E-state index in [-0.39, 0.29) is 23.3 Å². The van der Waals surface area contributed by atoms with Gasteiger partial charge in [0.1, 0.15) is 0 Å². The Morgan fingerprint density at radius 3 is 2.82 bits per heavy atom. The number of anilines is 1. The minimum atomic E-state index is -0.376. The van der Waals surface area contributed by atoms with Crippen molar-refractivity contribution in [2.75, 3.05) is 11.9 Å². The van der Waals surface area contributed by atoms with Gasteiger partial charge in [-0.05, 0) is 32.8 Å². The van der Waals surface area contributed by atoms with Crippen LogP contribution in [0, 0.1) is 17.0 Å². The molecule has 0 spiro atoms. The molecule has 0 aromatic heterocycles. The van der Waals surface area contributed by atoms with E-state index < -0.39 is 0 Å². The number of aliphatic hydroxyl groups excluding tert-OH is 1. The van der Waals surface area contributed by atoms with Crippen molar-refractivity contribution in [1.29, 1.82) is 0 Å². The summed E-state index contributed by atoms with van der Waals surface area (Å²) in [6.07, 6.45) is 1.56. The zero-order valence-electron chi connectivity index (χ0n) is 10.1. The van der Waals surface area contributed by atoms with Gasteiger partial charge in [0.25, 0.3) is 5.69 Å². The van der Waals surface area contributed by atoms with Crippen molar-refractivity contribution in [3.63, 3.8) is 0 Å². The Kier molecular flexibility index (Phi) is 4.90. The standard InChI is InChI=1S/C12H18N2O3/c1-9(5-4-8-15)13-11-6-3-7-12(10(11)2)14(16)17/h3,6-7,9,13,15H,4-5,8H2,1-2H3. The molecule has 0 bridgehead atoms. The molecule has 1 atom stereocenters.